The van der Waals surface area contributed by atoms with Crippen molar-refractivity contribution in [1.82, 2.24) is 0 Å². The molecule has 1 fully saturated rings. The Bertz CT molecular complexity index is 256. The number of nitrogens with zero attached hydrogens (tertiary/aromatic N) is 3. The molecule has 1 aliphatic rings. The Morgan fingerprint density at radius 3 is 2.71 bits per heavy atom. The van der Waals surface area contributed by atoms with Crippen LogP contribution in [0, 0.1) is 0 Å². The van der Waals surface area contributed by atoms with E-state index in [2.05, 4.69) is 10.0 Å². The summed E-state index contributed by atoms with van der Waals surface area (Å²) < 4.78 is 4.69. The summed E-state index contributed by atoms with van der Waals surface area (Å²) in [6, 6.07) is -0.971. The van der Waals surface area contributed by atoms with Crippen LogP contribution in [-0.4, -0.2) is 57.7 Å². The Hall–Kier alpha value is -0.890. The fourth-order valence-corrected chi connectivity index (χ4v) is 1.20. The molecule has 1 heterocycles. The zero-order valence-electron chi connectivity index (χ0n) is 7.19. The summed E-state index contributed by atoms with van der Waals surface area (Å²) in [6.45, 7) is -1.12. The molecule has 8 heteroatoms. The maximum Gasteiger partial charge on any atom is 0.218 e. The van der Waals surface area contributed by atoms with Gasteiger partial charge in [-0.1, -0.05) is 5.11 Å². The SMILES string of the molecule is [N-]=[N+]=N[C@@H]1COC(O)(CO)[C@H](O)[C@@H]1O. The van der Waals surface area contributed by atoms with Crippen LogP contribution in [0.25, 0.3) is 10.4 Å². The highest BCUT2D eigenvalue weighted by Gasteiger charge is 2.48. The average Bonchev–Trinajstić information content (AvgIpc) is 2.19. The predicted octanol–water partition coefficient (Wildman–Crippen LogP) is -1.90. The van der Waals surface area contributed by atoms with Gasteiger partial charge in [0, 0.05) is 4.91 Å². The van der Waals surface area contributed by atoms with E-state index in [0.29, 0.717) is 0 Å². The Balaban J connectivity index is 2.78. The number of ether oxygens (including phenoxy) is 1. The van der Waals surface area contributed by atoms with Gasteiger partial charge < -0.3 is 25.2 Å². The molecule has 0 saturated carbocycles. The number of hydrogen-bond acceptors (Lipinski definition) is 6. The molecule has 0 aromatic carbocycles. The van der Waals surface area contributed by atoms with Crippen LogP contribution in [0.3, 0.4) is 0 Å². The summed E-state index contributed by atoms with van der Waals surface area (Å²) in [7, 11) is 0. The van der Waals surface area contributed by atoms with Gasteiger partial charge in [-0.2, -0.15) is 0 Å². The topological polar surface area (TPSA) is 139 Å². The van der Waals surface area contributed by atoms with Crippen molar-refractivity contribution in [1.29, 1.82) is 0 Å². The fourth-order valence-electron chi connectivity index (χ4n) is 1.20. The molecule has 0 radical (unpaired) electrons. The number of hydrogen-bond donors (Lipinski definition) is 4. The fraction of sp³-hybridized carbons (Fsp3) is 1.00. The zero-order chi connectivity index (χ0) is 10.8. The first-order chi connectivity index (χ1) is 6.55. The quantitative estimate of drug-likeness (QED) is 0.237. The van der Waals surface area contributed by atoms with Gasteiger partial charge in [-0.05, 0) is 5.53 Å². The van der Waals surface area contributed by atoms with E-state index >= 15 is 0 Å². The second-order valence-electron chi connectivity index (χ2n) is 3.02. The highest BCUT2D eigenvalue weighted by atomic mass is 16.7. The Kier molecular flexibility index (Phi) is 3.27. The lowest BCUT2D eigenvalue weighted by Crippen LogP contribution is -2.62. The van der Waals surface area contributed by atoms with Crippen LogP contribution in [-0.2, 0) is 4.74 Å². The van der Waals surface area contributed by atoms with E-state index in [0.717, 1.165) is 0 Å². The molecule has 1 rings (SSSR count). The van der Waals surface area contributed by atoms with E-state index < -0.39 is 30.6 Å². The molecule has 4 N–H and O–H groups in total. The molecule has 1 saturated heterocycles. The lowest BCUT2D eigenvalue weighted by Gasteiger charge is -2.40. The third kappa shape index (κ3) is 1.80. The summed E-state index contributed by atoms with van der Waals surface area (Å²) in [5, 5.41) is 40.0. The average molecular weight is 205 g/mol. The van der Waals surface area contributed by atoms with Gasteiger partial charge in [-0.15, -0.1) is 0 Å². The molecule has 14 heavy (non-hydrogen) atoms. The molecule has 0 spiro atoms. The van der Waals surface area contributed by atoms with Crippen LogP contribution in [0.4, 0.5) is 0 Å². The molecule has 0 amide bonds. The maximum absolute atomic E-state index is 9.39. The number of aliphatic hydroxyl groups excluding tert-OH is 3. The lowest BCUT2D eigenvalue weighted by atomic mass is 9.96. The standard InChI is InChI=1S/C6H11N3O5/c7-9-8-3-1-14-6(13,2-10)5(12)4(3)11/h3-5,10-13H,1-2H2/t3-,4-,5-,6?/m1/s1. The molecule has 4 atom stereocenters. The van der Waals surface area contributed by atoms with E-state index in [1.807, 2.05) is 0 Å². The number of aliphatic hydroxyl groups is 4. The van der Waals surface area contributed by atoms with E-state index in [-0.39, 0.29) is 6.61 Å². The predicted molar refractivity (Wildman–Crippen MR) is 42.9 cm³/mol. The summed E-state index contributed by atoms with van der Waals surface area (Å²) >= 11 is 0. The van der Waals surface area contributed by atoms with E-state index in [1.54, 1.807) is 0 Å². The normalized spacial score (nSPS) is 43.0. The second-order valence-corrected chi connectivity index (χ2v) is 3.02. The zero-order valence-corrected chi connectivity index (χ0v) is 7.19. The Morgan fingerprint density at radius 2 is 2.21 bits per heavy atom. The summed E-state index contributed by atoms with van der Waals surface area (Å²) in [5.41, 5.74) is 8.11. The largest absolute Gasteiger partial charge is 0.391 e. The molecule has 0 aliphatic carbocycles. The van der Waals surface area contributed by atoms with Crippen molar-refractivity contribution in [2.45, 2.75) is 24.0 Å². The molecule has 0 aromatic rings. The monoisotopic (exact) mass is 205 g/mol. The van der Waals surface area contributed by atoms with Gasteiger partial charge >= 0.3 is 0 Å². The van der Waals surface area contributed by atoms with Crippen molar-refractivity contribution in [3.8, 4) is 0 Å². The van der Waals surface area contributed by atoms with Crippen LogP contribution < -0.4 is 0 Å². The minimum atomic E-state index is -2.19. The van der Waals surface area contributed by atoms with Crippen molar-refractivity contribution < 1.29 is 25.2 Å². The first-order valence-corrected chi connectivity index (χ1v) is 3.92. The Morgan fingerprint density at radius 1 is 1.57 bits per heavy atom. The van der Waals surface area contributed by atoms with Crippen molar-refractivity contribution in [2.24, 2.45) is 5.11 Å². The third-order valence-electron chi connectivity index (χ3n) is 2.11. The van der Waals surface area contributed by atoms with Gasteiger partial charge in [0.25, 0.3) is 0 Å². The Labute approximate surface area is 79.0 Å². The summed E-state index contributed by atoms with van der Waals surface area (Å²) in [4.78, 5) is 2.45. The lowest BCUT2D eigenvalue weighted by molar-refractivity contribution is -0.315. The van der Waals surface area contributed by atoms with Crippen LogP contribution in [0.2, 0.25) is 0 Å². The molecule has 1 unspecified atom stereocenters. The minimum Gasteiger partial charge on any atom is -0.391 e. The van der Waals surface area contributed by atoms with E-state index in [1.165, 1.54) is 0 Å². The third-order valence-corrected chi connectivity index (χ3v) is 2.11. The number of azide groups is 1. The van der Waals surface area contributed by atoms with Gasteiger partial charge in [0.05, 0.1) is 25.4 Å². The molecule has 8 nitrogen and oxygen atoms in total. The van der Waals surface area contributed by atoms with Crippen molar-refractivity contribution in [3.05, 3.63) is 10.4 Å². The highest BCUT2D eigenvalue weighted by molar-refractivity contribution is 4.94. The van der Waals surface area contributed by atoms with Crippen molar-refractivity contribution >= 4 is 0 Å². The summed E-state index contributed by atoms with van der Waals surface area (Å²) in [6.07, 6.45) is -3.17. The van der Waals surface area contributed by atoms with Crippen LogP contribution in [0.15, 0.2) is 5.11 Å². The van der Waals surface area contributed by atoms with Gasteiger partial charge in [-0.25, -0.2) is 0 Å². The van der Waals surface area contributed by atoms with Gasteiger partial charge in [-0.3, -0.25) is 0 Å². The van der Waals surface area contributed by atoms with E-state index in [9.17, 15) is 15.3 Å². The second kappa shape index (κ2) is 4.09. The van der Waals surface area contributed by atoms with Gasteiger partial charge in [0.1, 0.15) is 6.10 Å². The highest BCUT2D eigenvalue weighted by Crippen LogP contribution is 2.24. The molecule has 0 bridgehead atoms. The van der Waals surface area contributed by atoms with Gasteiger partial charge in [0.15, 0.2) is 0 Å². The van der Waals surface area contributed by atoms with Crippen molar-refractivity contribution in [3.63, 3.8) is 0 Å². The summed E-state index contributed by atoms with van der Waals surface area (Å²) in [5.74, 6) is -2.19. The molecular weight excluding hydrogens is 194 g/mol. The molecular formula is C6H11N3O5. The van der Waals surface area contributed by atoms with Crippen LogP contribution >= 0.6 is 0 Å². The molecule has 1 aliphatic heterocycles. The van der Waals surface area contributed by atoms with Crippen LogP contribution in [0.5, 0.6) is 0 Å². The first kappa shape index (κ1) is 11.2. The molecule has 80 valence electrons. The van der Waals surface area contributed by atoms with E-state index in [4.69, 9.17) is 15.4 Å². The smallest absolute Gasteiger partial charge is 0.218 e. The van der Waals surface area contributed by atoms with Crippen LogP contribution in [0.1, 0.15) is 0 Å². The molecule has 0 aromatic heterocycles. The minimum absolute atomic E-state index is 0.265. The maximum atomic E-state index is 9.39. The number of rotatable bonds is 2. The first-order valence-electron chi connectivity index (χ1n) is 3.92. The van der Waals surface area contributed by atoms with Gasteiger partial charge in [0.2, 0.25) is 5.79 Å². The van der Waals surface area contributed by atoms with Crippen molar-refractivity contribution in [2.75, 3.05) is 13.2 Å².